The highest BCUT2D eigenvalue weighted by molar-refractivity contribution is 5.81. The second kappa shape index (κ2) is 4.76. The predicted molar refractivity (Wildman–Crippen MR) is 74.2 cm³/mol. The van der Waals surface area contributed by atoms with Crippen LogP contribution in [0.25, 0.3) is 11.1 Å². The second-order valence-corrected chi connectivity index (χ2v) is 5.06. The van der Waals surface area contributed by atoms with Crippen molar-refractivity contribution in [2.45, 2.75) is 19.3 Å². The maximum atomic E-state index is 11.3. The van der Waals surface area contributed by atoms with Gasteiger partial charge in [-0.25, -0.2) is 0 Å². The van der Waals surface area contributed by atoms with E-state index in [0.29, 0.717) is 0 Å². The summed E-state index contributed by atoms with van der Waals surface area (Å²) in [5.41, 5.74) is 1.71. The quantitative estimate of drug-likeness (QED) is 0.884. The number of aromatic hydroxyl groups is 1. The minimum atomic E-state index is -0.924. The summed E-state index contributed by atoms with van der Waals surface area (Å²) in [6.45, 7) is 3.37. The van der Waals surface area contributed by atoms with Gasteiger partial charge in [-0.3, -0.25) is 4.79 Å². The number of rotatable bonds is 3. The fraction of sp³-hybridized carbons (Fsp3) is 0.188. The highest BCUT2D eigenvalue weighted by Gasteiger charge is 2.29. The Kier molecular flexibility index (Phi) is 3.30. The molecule has 2 aromatic carbocycles. The summed E-state index contributed by atoms with van der Waals surface area (Å²) in [6, 6.07) is 14.3. The monoisotopic (exact) mass is 256 g/mol. The van der Waals surface area contributed by atoms with Gasteiger partial charge in [0.1, 0.15) is 5.75 Å². The van der Waals surface area contributed by atoms with Crippen LogP contribution in [0, 0.1) is 0 Å². The third-order valence-corrected chi connectivity index (χ3v) is 3.32. The summed E-state index contributed by atoms with van der Waals surface area (Å²) in [4.78, 5) is 11.3. The summed E-state index contributed by atoms with van der Waals surface area (Å²) in [6.07, 6.45) is 0. The van der Waals surface area contributed by atoms with Crippen molar-refractivity contribution in [1.82, 2.24) is 0 Å². The van der Waals surface area contributed by atoms with Gasteiger partial charge in [-0.1, -0.05) is 36.4 Å². The topological polar surface area (TPSA) is 57.5 Å². The van der Waals surface area contributed by atoms with Crippen molar-refractivity contribution in [1.29, 1.82) is 0 Å². The number of phenols is 1. The first-order valence-corrected chi connectivity index (χ1v) is 6.04. The van der Waals surface area contributed by atoms with Gasteiger partial charge in [-0.05, 0) is 42.7 Å². The van der Waals surface area contributed by atoms with Crippen LogP contribution in [0.15, 0.2) is 48.5 Å². The summed E-state index contributed by atoms with van der Waals surface area (Å²) in [5.74, 6) is -0.638. The molecule has 0 aliphatic heterocycles. The molecule has 3 nitrogen and oxygen atoms in total. The molecule has 0 aromatic heterocycles. The molecule has 0 saturated heterocycles. The summed E-state index contributed by atoms with van der Waals surface area (Å²) < 4.78 is 0. The average molecular weight is 256 g/mol. The van der Waals surface area contributed by atoms with Gasteiger partial charge in [0.15, 0.2) is 0 Å². The zero-order chi connectivity index (χ0) is 14.0. The summed E-state index contributed by atoms with van der Waals surface area (Å²) in [5, 5.41) is 18.5. The van der Waals surface area contributed by atoms with Crippen LogP contribution in [0.1, 0.15) is 19.4 Å². The number of carboxylic acid groups (broad SMARTS) is 1. The van der Waals surface area contributed by atoms with Gasteiger partial charge in [-0.15, -0.1) is 0 Å². The van der Waals surface area contributed by atoms with E-state index in [1.165, 1.54) is 0 Å². The van der Waals surface area contributed by atoms with Crippen molar-refractivity contribution < 1.29 is 15.0 Å². The van der Waals surface area contributed by atoms with Crippen LogP contribution in [-0.2, 0) is 10.2 Å². The molecule has 3 heteroatoms. The minimum Gasteiger partial charge on any atom is -0.508 e. The average Bonchev–Trinajstić information content (AvgIpc) is 2.39. The normalized spacial score (nSPS) is 11.3. The van der Waals surface area contributed by atoms with Gasteiger partial charge >= 0.3 is 5.97 Å². The molecule has 19 heavy (non-hydrogen) atoms. The van der Waals surface area contributed by atoms with E-state index in [1.54, 1.807) is 26.0 Å². The second-order valence-electron chi connectivity index (χ2n) is 5.06. The molecule has 0 radical (unpaired) electrons. The fourth-order valence-electron chi connectivity index (χ4n) is 1.86. The van der Waals surface area contributed by atoms with Crippen LogP contribution >= 0.6 is 0 Å². The highest BCUT2D eigenvalue weighted by Crippen LogP contribution is 2.29. The number of phenolic OH excluding ortho intramolecular Hbond substituents is 1. The van der Waals surface area contributed by atoms with Gasteiger partial charge in [0.25, 0.3) is 0 Å². The number of carboxylic acids is 1. The predicted octanol–water partition coefficient (Wildman–Crippen LogP) is 3.42. The Labute approximate surface area is 112 Å². The third kappa shape index (κ3) is 2.60. The van der Waals surface area contributed by atoms with Gasteiger partial charge in [0.05, 0.1) is 5.41 Å². The fourth-order valence-corrected chi connectivity index (χ4v) is 1.86. The number of aliphatic carboxylic acids is 1. The van der Waals surface area contributed by atoms with Crippen LogP contribution in [-0.4, -0.2) is 16.2 Å². The molecule has 2 N–H and O–H groups in total. The van der Waals surface area contributed by atoms with Crippen LogP contribution in [0.5, 0.6) is 5.75 Å². The summed E-state index contributed by atoms with van der Waals surface area (Å²) >= 11 is 0. The first-order valence-electron chi connectivity index (χ1n) is 6.04. The lowest BCUT2D eigenvalue weighted by atomic mass is 9.83. The molecule has 2 aromatic rings. The van der Waals surface area contributed by atoms with Crippen molar-refractivity contribution >= 4 is 5.97 Å². The lowest BCUT2D eigenvalue weighted by molar-refractivity contribution is -0.142. The Morgan fingerprint density at radius 2 is 1.63 bits per heavy atom. The molecular weight excluding hydrogens is 240 g/mol. The molecular formula is C16H16O3. The highest BCUT2D eigenvalue weighted by atomic mass is 16.4. The molecule has 0 atom stereocenters. The Balaban J connectivity index is 2.45. The molecule has 98 valence electrons. The zero-order valence-electron chi connectivity index (χ0n) is 10.9. The van der Waals surface area contributed by atoms with Gasteiger partial charge in [0, 0.05) is 0 Å². The Morgan fingerprint density at radius 1 is 1.00 bits per heavy atom. The van der Waals surface area contributed by atoms with Gasteiger partial charge < -0.3 is 10.2 Å². The molecule has 0 amide bonds. The van der Waals surface area contributed by atoms with E-state index in [4.69, 9.17) is 0 Å². The Hall–Kier alpha value is -2.29. The minimum absolute atomic E-state index is 0.214. The molecule has 0 bridgehead atoms. The first-order chi connectivity index (χ1) is 8.91. The van der Waals surface area contributed by atoms with Crippen LogP contribution < -0.4 is 0 Å². The smallest absolute Gasteiger partial charge is 0.313 e. The molecule has 0 spiro atoms. The third-order valence-electron chi connectivity index (χ3n) is 3.32. The van der Waals surface area contributed by atoms with Crippen molar-refractivity contribution in [2.24, 2.45) is 0 Å². The van der Waals surface area contributed by atoms with Gasteiger partial charge in [-0.2, -0.15) is 0 Å². The van der Waals surface area contributed by atoms with Crippen LogP contribution in [0.2, 0.25) is 0 Å². The molecule has 0 aliphatic carbocycles. The van der Waals surface area contributed by atoms with Crippen molar-refractivity contribution in [3.05, 3.63) is 54.1 Å². The molecule has 0 heterocycles. The number of hydrogen-bond acceptors (Lipinski definition) is 2. The van der Waals surface area contributed by atoms with E-state index in [1.807, 2.05) is 36.4 Å². The maximum Gasteiger partial charge on any atom is 0.313 e. The van der Waals surface area contributed by atoms with E-state index in [9.17, 15) is 15.0 Å². The maximum absolute atomic E-state index is 11.3. The van der Waals surface area contributed by atoms with E-state index in [-0.39, 0.29) is 5.75 Å². The Morgan fingerprint density at radius 3 is 2.21 bits per heavy atom. The first kappa shape index (κ1) is 13.1. The number of hydrogen-bond donors (Lipinski definition) is 2. The van der Waals surface area contributed by atoms with Gasteiger partial charge in [0.2, 0.25) is 0 Å². The number of carbonyl (C=O) groups is 1. The van der Waals surface area contributed by atoms with Crippen molar-refractivity contribution in [2.75, 3.05) is 0 Å². The van der Waals surface area contributed by atoms with E-state index >= 15 is 0 Å². The SMILES string of the molecule is CC(C)(C(=O)O)c1cccc(-c2ccc(O)cc2)c1. The van der Waals surface area contributed by atoms with Crippen molar-refractivity contribution in [3.8, 4) is 16.9 Å². The van der Waals surface area contributed by atoms with E-state index < -0.39 is 11.4 Å². The molecule has 2 rings (SSSR count). The standard InChI is InChI=1S/C16H16O3/c1-16(2,15(18)19)13-5-3-4-12(10-13)11-6-8-14(17)9-7-11/h3-10,17H,1-2H3,(H,18,19). The Bertz CT molecular complexity index is 598. The largest absolute Gasteiger partial charge is 0.508 e. The van der Waals surface area contributed by atoms with Crippen LogP contribution in [0.3, 0.4) is 0 Å². The number of benzene rings is 2. The molecule has 0 fully saturated rings. The van der Waals surface area contributed by atoms with Crippen molar-refractivity contribution in [3.63, 3.8) is 0 Å². The van der Waals surface area contributed by atoms with E-state index in [2.05, 4.69) is 0 Å². The molecule has 0 unspecified atom stereocenters. The zero-order valence-corrected chi connectivity index (χ0v) is 10.9. The molecule has 0 aliphatic rings. The van der Waals surface area contributed by atoms with Crippen LogP contribution in [0.4, 0.5) is 0 Å². The lowest BCUT2D eigenvalue weighted by Crippen LogP contribution is -2.28. The molecule has 0 saturated carbocycles. The lowest BCUT2D eigenvalue weighted by Gasteiger charge is -2.20. The summed E-state index contributed by atoms with van der Waals surface area (Å²) in [7, 11) is 0. The van der Waals surface area contributed by atoms with E-state index in [0.717, 1.165) is 16.7 Å².